The van der Waals surface area contributed by atoms with Gasteiger partial charge >= 0.3 is 0 Å². The molecule has 4 aromatic heterocycles. The standard InChI is InChI=1S/C42H45BN4/c1-20-22(3)46-29-18-26(40(7,8)9)19-30-35(29)43-36-31(24(5)44(20)38(36)46)33-34(42(12,13)28-17-15-14-16-27(28)41(33,10)11)32-25(6)45-21(2)23(4)47(30)39(45)37(32)43/h14-19H,1-13H3. The summed E-state index contributed by atoms with van der Waals surface area (Å²) in [6.07, 6.45) is 0. The molecule has 0 saturated carbocycles. The molecule has 1 aliphatic carbocycles. The molecule has 10 rings (SSSR count). The van der Waals surface area contributed by atoms with E-state index in [2.05, 4.69) is 144 Å². The Labute approximate surface area is 278 Å². The Balaban J connectivity index is 1.55. The normalized spacial score (nSPS) is 17.7. The number of rotatable bonds is 0. The summed E-state index contributed by atoms with van der Waals surface area (Å²) in [5.41, 5.74) is 28.1. The van der Waals surface area contributed by atoms with Crippen molar-refractivity contribution in [3.8, 4) is 11.4 Å². The average molecular weight is 617 g/mol. The van der Waals surface area contributed by atoms with Crippen molar-refractivity contribution in [3.63, 3.8) is 0 Å². The molecule has 5 heteroatoms. The van der Waals surface area contributed by atoms with Crippen molar-refractivity contribution in [2.75, 3.05) is 0 Å². The molecule has 2 aromatic carbocycles. The Morgan fingerprint density at radius 3 is 1.34 bits per heavy atom. The zero-order chi connectivity index (χ0) is 33.2. The van der Waals surface area contributed by atoms with Gasteiger partial charge in [-0.1, -0.05) is 72.7 Å². The van der Waals surface area contributed by atoms with Crippen molar-refractivity contribution in [2.24, 2.45) is 0 Å². The largest absolute Gasteiger partial charge is 0.302 e. The Kier molecular flexibility index (Phi) is 4.62. The van der Waals surface area contributed by atoms with Crippen molar-refractivity contribution in [1.82, 2.24) is 17.9 Å². The van der Waals surface area contributed by atoms with Crippen molar-refractivity contribution in [2.45, 2.75) is 106 Å². The second-order valence-electron chi connectivity index (χ2n) is 17.2. The Hall–Kier alpha value is -4.12. The van der Waals surface area contributed by atoms with Gasteiger partial charge in [-0.3, -0.25) is 9.13 Å². The molecule has 0 N–H and O–H groups in total. The van der Waals surface area contributed by atoms with E-state index in [1.807, 2.05) is 0 Å². The number of hydrogen-bond donors (Lipinski definition) is 0. The van der Waals surface area contributed by atoms with Gasteiger partial charge in [0.2, 0.25) is 0 Å². The van der Waals surface area contributed by atoms with Crippen LogP contribution in [-0.4, -0.2) is 24.6 Å². The van der Waals surface area contributed by atoms with Crippen LogP contribution >= 0.6 is 0 Å². The van der Waals surface area contributed by atoms with Crippen LogP contribution in [0, 0.1) is 41.5 Å². The maximum Gasteiger partial charge on any atom is 0.258 e. The van der Waals surface area contributed by atoms with Crippen LogP contribution in [0.1, 0.15) is 110 Å². The summed E-state index contributed by atoms with van der Waals surface area (Å²) in [5.74, 6) is 0. The lowest BCUT2D eigenvalue weighted by atomic mass is 9.34. The van der Waals surface area contributed by atoms with E-state index in [1.54, 1.807) is 0 Å². The molecule has 0 atom stereocenters. The average Bonchev–Trinajstić information content (AvgIpc) is 3.61. The first-order valence-corrected chi connectivity index (χ1v) is 17.5. The molecule has 4 aliphatic rings. The molecule has 0 radical (unpaired) electrons. The van der Waals surface area contributed by atoms with Gasteiger partial charge < -0.3 is 8.80 Å². The summed E-state index contributed by atoms with van der Waals surface area (Å²) in [6, 6.07) is 14.4. The molecule has 0 saturated heterocycles. The third-order valence-corrected chi connectivity index (χ3v) is 13.3. The maximum absolute atomic E-state index is 2.64. The van der Waals surface area contributed by atoms with Crippen LogP contribution in [0.5, 0.6) is 0 Å². The van der Waals surface area contributed by atoms with Crippen molar-refractivity contribution in [3.05, 3.63) is 98.4 Å². The molecule has 0 fully saturated rings. The van der Waals surface area contributed by atoms with Gasteiger partial charge in [0.15, 0.2) is 0 Å². The Morgan fingerprint density at radius 1 is 0.553 bits per heavy atom. The minimum atomic E-state index is -0.179. The highest BCUT2D eigenvalue weighted by molar-refractivity contribution is 7.01. The highest BCUT2D eigenvalue weighted by atomic mass is 15.2. The number of aromatic nitrogens is 4. The molecule has 0 spiro atoms. The molecule has 6 aromatic rings. The highest BCUT2D eigenvalue weighted by Gasteiger charge is 2.55. The lowest BCUT2D eigenvalue weighted by Crippen LogP contribution is -2.60. The van der Waals surface area contributed by atoms with E-state index >= 15 is 0 Å². The van der Waals surface area contributed by atoms with Crippen LogP contribution < -0.4 is 16.4 Å². The number of imidazole rings is 2. The zero-order valence-corrected chi connectivity index (χ0v) is 30.3. The molecule has 3 aliphatic heterocycles. The minimum absolute atomic E-state index is 0.0148. The van der Waals surface area contributed by atoms with Gasteiger partial charge in [-0.25, -0.2) is 0 Å². The van der Waals surface area contributed by atoms with Crippen LogP contribution in [-0.2, 0) is 16.2 Å². The Bertz CT molecular complexity index is 2390. The monoisotopic (exact) mass is 616 g/mol. The predicted octanol–water partition coefficient (Wildman–Crippen LogP) is 7.56. The van der Waals surface area contributed by atoms with Gasteiger partial charge in [0, 0.05) is 56.4 Å². The molecule has 0 bridgehead atoms. The summed E-state index contributed by atoms with van der Waals surface area (Å²) < 4.78 is 10.5. The molecular weight excluding hydrogens is 571 g/mol. The van der Waals surface area contributed by atoms with Crippen molar-refractivity contribution in [1.29, 1.82) is 0 Å². The number of fused-ring (bicyclic) bond motifs is 5. The van der Waals surface area contributed by atoms with E-state index in [0.29, 0.717) is 0 Å². The third-order valence-electron chi connectivity index (χ3n) is 13.3. The molecule has 0 amide bonds. The smallest absolute Gasteiger partial charge is 0.258 e. The molecule has 7 heterocycles. The minimum Gasteiger partial charge on any atom is -0.302 e. The molecule has 0 unspecified atom stereocenters. The Morgan fingerprint density at radius 2 is 0.957 bits per heavy atom. The number of nitrogens with zero attached hydrogens (tertiary/aromatic N) is 4. The third kappa shape index (κ3) is 2.71. The van der Waals surface area contributed by atoms with Gasteiger partial charge in [-0.2, -0.15) is 0 Å². The van der Waals surface area contributed by atoms with E-state index in [0.717, 1.165) is 0 Å². The fourth-order valence-electron chi connectivity index (χ4n) is 10.9. The second kappa shape index (κ2) is 7.78. The lowest BCUT2D eigenvalue weighted by molar-refractivity contribution is 0.589. The number of benzene rings is 2. The van der Waals surface area contributed by atoms with Gasteiger partial charge in [0.25, 0.3) is 6.71 Å². The quantitative estimate of drug-likeness (QED) is 0.157. The maximum atomic E-state index is 2.64. The van der Waals surface area contributed by atoms with Crippen LogP contribution in [0.15, 0.2) is 36.4 Å². The van der Waals surface area contributed by atoms with Crippen LogP contribution in [0.25, 0.3) is 33.8 Å². The summed E-state index contributed by atoms with van der Waals surface area (Å²) in [4.78, 5) is 0. The summed E-state index contributed by atoms with van der Waals surface area (Å²) in [5, 5.41) is 0. The predicted molar refractivity (Wildman–Crippen MR) is 198 cm³/mol. The van der Waals surface area contributed by atoms with Crippen molar-refractivity contribution < 1.29 is 0 Å². The summed E-state index contributed by atoms with van der Waals surface area (Å²) in [6.45, 7) is 31.4. The topological polar surface area (TPSA) is 18.7 Å². The van der Waals surface area contributed by atoms with Gasteiger partial charge in [-0.15, -0.1) is 0 Å². The molecule has 236 valence electrons. The van der Waals surface area contributed by atoms with Gasteiger partial charge in [-0.05, 0) is 114 Å². The summed E-state index contributed by atoms with van der Waals surface area (Å²) >= 11 is 0. The fraction of sp³-hybridized carbons (Fsp3) is 0.381. The van der Waals surface area contributed by atoms with Crippen LogP contribution in [0.2, 0.25) is 0 Å². The second-order valence-corrected chi connectivity index (χ2v) is 17.2. The number of hydrogen-bond acceptors (Lipinski definition) is 0. The van der Waals surface area contributed by atoms with E-state index in [4.69, 9.17) is 0 Å². The summed E-state index contributed by atoms with van der Waals surface area (Å²) in [7, 11) is 0. The molecular formula is C42H45BN4. The molecule has 4 nitrogen and oxygen atoms in total. The lowest BCUT2D eigenvalue weighted by Gasteiger charge is -2.46. The first kappa shape index (κ1) is 27.9. The van der Waals surface area contributed by atoms with E-state index in [-0.39, 0.29) is 23.0 Å². The van der Waals surface area contributed by atoms with Crippen LogP contribution in [0.4, 0.5) is 0 Å². The van der Waals surface area contributed by atoms with Crippen LogP contribution in [0.3, 0.4) is 0 Å². The number of aryl methyl sites for hydroxylation is 4. The molecule has 47 heavy (non-hydrogen) atoms. The van der Waals surface area contributed by atoms with Crippen molar-refractivity contribution >= 4 is 45.5 Å². The SMILES string of the molecule is Cc1c(C)n2c(C)c3c4c2n1-c1cc(C(C)(C)C)cc2c1B4c1c(c(C)n4c(C)c(C)n-2c14)C1=C3C(C)(C)c2ccccc2C1(C)C. The van der Waals surface area contributed by atoms with Gasteiger partial charge in [0.1, 0.15) is 11.3 Å². The first-order valence-electron chi connectivity index (χ1n) is 17.5. The van der Waals surface area contributed by atoms with E-state index < -0.39 is 0 Å². The highest BCUT2D eigenvalue weighted by Crippen LogP contribution is 2.58. The first-order chi connectivity index (χ1) is 22.0. The van der Waals surface area contributed by atoms with E-state index in [9.17, 15) is 0 Å². The van der Waals surface area contributed by atoms with Gasteiger partial charge in [0.05, 0.1) is 0 Å². The number of allylic oxidation sites excluding steroid dienone is 2. The zero-order valence-electron chi connectivity index (χ0n) is 30.3. The fourth-order valence-corrected chi connectivity index (χ4v) is 10.9. The van der Waals surface area contributed by atoms with E-state index in [1.165, 1.54) is 112 Å².